The summed E-state index contributed by atoms with van der Waals surface area (Å²) in [6.07, 6.45) is 7.54. The molecule has 0 aliphatic heterocycles. The molecule has 1 saturated carbocycles. The third kappa shape index (κ3) is 3.12. The van der Waals surface area contributed by atoms with E-state index in [0.717, 1.165) is 44.1 Å². The minimum Gasteiger partial charge on any atom is -0.481 e. The molecular formula is C16H21NO3S. The highest BCUT2D eigenvalue weighted by Crippen LogP contribution is 2.31. The zero-order valence-electron chi connectivity index (χ0n) is 12.1. The number of aryl methyl sites for hydroxylation is 1. The lowest BCUT2D eigenvalue weighted by atomic mass is 9.85. The number of rotatable bonds is 3. The average molecular weight is 307 g/mol. The standard InChI is InChI=1S/C16H21NO3S/c18-15(13-9-21-14-7-2-1-6-12(13)14)17-11-5-3-4-10(8-11)16(19)20/h9-11H,1-8H2,(H,17,18)(H,19,20). The molecule has 2 N–H and O–H groups in total. The van der Waals surface area contributed by atoms with Gasteiger partial charge in [0.25, 0.3) is 5.91 Å². The van der Waals surface area contributed by atoms with E-state index in [1.54, 1.807) is 11.3 Å². The largest absolute Gasteiger partial charge is 0.481 e. The molecule has 114 valence electrons. The van der Waals surface area contributed by atoms with Crippen LogP contribution in [0.15, 0.2) is 5.38 Å². The monoisotopic (exact) mass is 307 g/mol. The van der Waals surface area contributed by atoms with Crippen LogP contribution in [0.2, 0.25) is 0 Å². The Morgan fingerprint density at radius 1 is 1.19 bits per heavy atom. The molecule has 0 saturated heterocycles. The number of carbonyl (C=O) groups excluding carboxylic acids is 1. The highest BCUT2D eigenvalue weighted by atomic mass is 32.1. The molecule has 5 heteroatoms. The van der Waals surface area contributed by atoms with Crippen molar-refractivity contribution in [3.63, 3.8) is 0 Å². The van der Waals surface area contributed by atoms with Gasteiger partial charge in [-0.1, -0.05) is 6.42 Å². The predicted molar refractivity (Wildman–Crippen MR) is 81.8 cm³/mol. The Morgan fingerprint density at radius 3 is 2.81 bits per heavy atom. The van der Waals surface area contributed by atoms with Crippen LogP contribution in [0.4, 0.5) is 0 Å². The first-order valence-electron chi connectivity index (χ1n) is 7.78. The first-order chi connectivity index (χ1) is 10.1. The molecule has 0 spiro atoms. The molecule has 21 heavy (non-hydrogen) atoms. The maximum atomic E-state index is 12.5. The molecule has 1 amide bonds. The summed E-state index contributed by atoms with van der Waals surface area (Å²) in [5, 5.41) is 14.2. The fourth-order valence-electron chi connectivity index (χ4n) is 3.49. The molecule has 1 fully saturated rings. The SMILES string of the molecule is O=C(NC1CCCC(C(=O)O)C1)c1csc2c1CCCC2. The molecule has 1 aromatic heterocycles. The summed E-state index contributed by atoms with van der Waals surface area (Å²) < 4.78 is 0. The van der Waals surface area contributed by atoms with Gasteiger partial charge in [0.15, 0.2) is 0 Å². The molecule has 1 heterocycles. The van der Waals surface area contributed by atoms with Crippen molar-refractivity contribution in [1.29, 1.82) is 0 Å². The van der Waals surface area contributed by atoms with Crippen LogP contribution < -0.4 is 5.32 Å². The number of nitrogens with one attached hydrogen (secondary N) is 1. The number of carboxylic acids is 1. The molecule has 4 nitrogen and oxygen atoms in total. The van der Waals surface area contributed by atoms with Crippen molar-refractivity contribution in [3.8, 4) is 0 Å². The molecule has 1 aromatic rings. The molecule has 2 atom stereocenters. The van der Waals surface area contributed by atoms with Crippen molar-refractivity contribution in [3.05, 3.63) is 21.4 Å². The van der Waals surface area contributed by atoms with E-state index in [0.29, 0.717) is 6.42 Å². The molecule has 3 rings (SSSR count). The summed E-state index contributed by atoms with van der Waals surface area (Å²) in [5.74, 6) is -1.05. The molecule has 0 bridgehead atoms. The van der Waals surface area contributed by atoms with E-state index in [9.17, 15) is 9.59 Å². The maximum Gasteiger partial charge on any atom is 0.306 e. The minimum atomic E-state index is -0.734. The Bertz CT molecular complexity index is 552. The van der Waals surface area contributed by atoms with Crippen molar-refractivity contribution in [2.45, 2.75) is 57.4 Å². The van der Waals surface area contributed by atoms with Gasteiger partial charge >= 0.3 is 5.97 Å². The van der Waals surface area contributed by atoms with Gasteiger partial charge in [0.05, 0.1) is 11.5 Å². The van der Waals surface area contributed by atoms with Crippen LogP contribution in [-0.4, -0.2) is 23.0 Å². The van der Waals surface area contributed by atoms with E-state index >= 15 is 0 Å². The maximum absolute atomic E-state index is 12.5. The third-order valence-electron chi connectivity index (χ3n) is 4.66. The minimum absolute atomic E-state index is 0.00601. The molecule has 0 radical (unpaired) electrons. The summed E-state index contributed by atoms with van der Waals surface area (Å²) in [6, 6.07) is 0.00601. The Hall–Kier alpha value is -1.36. The summed E-state index contributed by atoms with van der Waals surface area (Å²) in [4.78, 5) is 24.9. The number of hydrogen-bond acceptors (Lipinski definition) is 3. The van der Waals surface area contributed by atoms with Gasteiger partial charge in [-0.3, -0.25) is 9.59 Å². The van der Waals surface area contributed by atoms with Crippen LogP contribution in [0, 0.1) is 5.92 Å². The smallest absolute Gasteiger partial charge is 0.306 e. The van der Waals surface area contributed by atoms with Crippen molar-refractivity contribution >= 4 is 23.2 Å². The summed E-state index contributed by atoms with van der Waals surface area (Å²) in [7, 11) is 0. The van der Waals surface area contributed by atoms with E-state index in [-0.39, 0.29) is 17.9 Å². The second kappa shape index (κ2) is 6.18. The lowest BCUT2D eigenvalue weighted by Gasteiger charge is -2.27. The Labute approximate surface area is 128 Å². The van der Waals surface area contributed by atoms with Crippen LogP contribution in [0.5, 0.6) is 0 Å². The lowest BCUT2D eigenvalue weighted by Crippen LogP contribution is -2.40. The van der Waals surface area contributed by atoms with Crippen molar-refractivity contribution in [2.24, 2.45) is 5.92 Å². The molecule has 0 aromatic carbocycles. The summed E-state index contributed by atoms with van der Waals surface area (Å²) in [5.41, 5.74) is 2.06. The number of hydrogen-bond donors (Lipinski definition) is 2. The number of aliphatic carboxylic acids is 1. The zero-order valence-corrected chi connectivity index (χ0v) is 12.9. The van der Waals surface area contributed by atoms with Crippen LogP contribution in [-0.2, 0) is 17.6 Å². The molecule has 2 aliphatic carbocycles. The van der Waals surface area contributed by atoms with Crippen LogP contribution >= 0.6 is 11.3 Å². The van der Waals surface area contributed by atoms with Gasteiger partial charge in [-0.25, -0.2) is 0 Å². The highest BCUT2D eigenvalue weighted by molar-refractivity contribution is 7.10. The number of carbonyl (C=O) groups is 2. The lowest BCUT2D eigenvalue weighted by molar-refractivity contribution is -0.143. The average Bonchev–Trinajstić information content (AvgIpc) is 2.91. The first-order valence-corrected chi connectivity index (χ1v) is 8.66. The van der Waals surface area contributed by atoms with Gasteiger partial charge < -0.3 is 10.4 Å². The number of amides is 1. The van der Waals surface area contributed by atoms with Gasteiger partial charge in [-0.15, -0.1) is 11.3 Å². The number of fused-ring (bicyclic) bond motifs is 1. The number of thiophene rings is 1. The molecule has 2 aliphatic rings. The Kier molecular flexibility index (Phi) is 4.29. The van der Waals surface area contributed by atoms with Crippen LogP contribution in [0.3, 0.4) is 0 Å². The fraction of sp³-hybridized carbons (Fsp3) is 0.625. The van der Waals surface area contributed by atoms with E-state index in [4.69, 9.17) is 5.11 Å². The van der Waals surface area contributed by atoms with E-state index < -0.39 is 5.97 Å². The van der Waals surface area contributed by atoms with E-state index in [2.05, 4.69) is 5.32 Å². The second-order valence-corrected chi connectivity index (χ2v) is 7.09. The van der Waals surface area contributed by atoms with Gasteiger partial charge in [0, 0.05) is 16.3 Å². The van der Waals surface area contributed by atoms with Gasteiger partial charge in [0.1, 0.15) is 0 Å². The predicted octanol–water partition coefficient (Wildman–Crippen LogP) is 3.00. The first kappa shape index (κ1) is 14.6. The molecule has 2 unspecified atom stereocenters. The normalized spacial score (nSPS) is 25.1. The van der Waals surface area contributed by atoms with Crippen LogP contribution in [0.25, 0.3) is 0 Å². The van der Waals surface area contributed by atoms with Gasteiger partial charge in [-0.2, -0.15) is 0 Å². The quantitative estimate of drug-likeness (QED) is 0.902. The second-order valence-electron chi connectivity index (χ2n) is 6.13. The van der Waals surface area contributed by atoms with Crippen molar-refractivity contribution in [2.75, 3.05) is 0 Å². The van der Waals surface area contributed by atoms with Crippen LogP contribution in [0.1, 0.15) is 59.3 Å². The van der Waals surface area contributed by atoms with Crippen molar-refractivity contribution < 1.29 is 14.7 Å². The topological polar surface area (TPSA) is 66.4 Å². The summed E-state index contributed by atoms with van der Waals surface area (Å²) >= 11 is 1.69. The Morgan fingerprint density at radius 2 is 2.00 bits per heavy atom. The summed E-state index contributed by atoms with van der Waals surface area (Å²) in [6.45, 7) is 0. The van der Waals surface area contributed by atoms with Gasteiger partial charge in [0.2, 0.25) is 0 Å². The third-order valence-corrected chi connectivity index (χ3v) is 5.75. The highest BCUT2D eigenvalue weighted by Gasteiger charge is 2.29. The van der Waals surface area contributed by atoms with Crippen molar-refractivity contribution in [1.82, 2.24) is 5.32 Å². The van der Waals surface area contributed by atoms with Gasteiger partial charge in [-0.05, 0) is 50.5 Å². The zero-order chi connectivity index (χ0) is 14.8. The van der Waals surface area contributed by atoms with E-state index in [1.165, 1.54) is 16.9 Å². The number of carboxylic acid groups (broad SMARTS) is 1. The Balaban J connectivity index is 1.66. The fourth-order valence-corrected chi connectivity index (χ4v) is 4.62. The molecular weight excluding hydrogens is 286 g/mol. The van der Waals surface area contributed by atoms with E-state index in [1.807, 2.05) is 5.38 Å².